The largest absolute Gasteiger partial charge is 0.387 e. The van der Waals surface area contributed by atoms with Crippen LogP contribution in [0.4, 0.5) is 0 Å². The van der Waals surface area contributed by atoms with Gasteiger partial charge in [-0.25, -0.2) is 0 Å². The first-order valence-electron chi connectivity index (χ1n) is 4.28. The third-order valence-corrected chi connectivity index (χ3v) is 3.99. The summed E-state index contributed by atoms with van der Waals surface area (Å²) in [5, 5.41) is 9.94. The molecule has 2 rings (SSSR count). The lowest BCUT2D eigenvalue weighted by Crippen LogP contribution is -2.10. The van der Waals surface area contributed by atoms with Crippen molar-refractivity contribution >= 4 is 27.3 Å². The fourth-order valence-corrected chi connectivity index (χ4v) is 3.02. The zero-order valence-corrected chi connectivity index (χ0v) is 9.47. The fraction of sp³-hybridized carbons (Fsp3) is 0.556. The summed E-state index contributed by atoms with van der Waals surface area (Å²) in [6, 6.07) is 3.94. The number of hydrogen-bond acceptors (Lipinski definition) is 3. The molecule has 0 spiro atoms. The Morgan fingerprint density at radius 3 is 3.00 bits per heavy atom. The summed E-state index contributed by atoms with van der Waals surface area (Å²) in [5.74, 6) is 0.283. The van der Waals surface area contributed by atoms with Gasteiger partial charge in [-0.1, -0.05) is 0 Å². The number of thiophene rings is 1. The molecule has 2 atom stereocenters. The van der Waals surface area contributed by atoms with E-state index in [-0.39, 0.29) is 12.0 Å². The number of rotatable bonds is 2. The molecular formula is C9H11BrO2S. The molecule has 0 saturated carbocycles. The van der Waals surface area contributed by atoms with Crippen LogP contribution >= 0.6 is 27.3 Å². The van der Waals surface area contributed by atoms with Gasteiger partial charge in [0.25, 0.3) is 0 Å². The van der Waals surface area contributed by atoms with Gasteiger partial charge in [0.2, 0.25) is 0 Å². The molecule has 0 unspecified atom stereocenters. The summed E-state index contributed by atoms with van der Waals surface area (Å²) in [7, 11) is 0. The monoisotopic (exact) mass is 262 g/mol. The Labute approximate surface area is 89.7 Å². The first-order valence-corrected chi connectivity index (χ1v) is 5.89. The second-order valence-corrected chi connectivity index (χ2v) is 5.70. The maximum atomic E-state index is 9.94. The van der Waals surface area contributed by atoms with Crippen LogP contribution in [0.15, 0.2) is 15.9 Å². The molecule has 0 radical (unpaired) electrons. The van der Waals surface area contributed by atoms with Gasteiger partial charge >= 0.3 is 0 Å². The Hall–Kier alpha value is 0.1000. The molecule has 4 heteroatoms. The summed E-state index contributed by atoms with van der Waals surface area (Å²) in [4.78, 5) is 1.03. The van der Waals surface area contributed by atoms with Crippen molar-refractivity contribution in [1.82, 2.24) is 0 Å². The van der Waals surface area contributed by atoms with Crippen LogP contribution < -0.4 is 0 Å². The van der Waals surface area contributed by atoms with Crippen molar-refractivity contribution in [3.8, 4) is 0 Å². The standard InChI is InChI=1S/C9H11BrO2S/c10-8-2-1-7(13-8)9(11)6-3-4-12-5-6/h1-2,6,9,11H,3-5H2/t6-,9+/m1/s1. The third kappa shape index (κ3) is 2.13. The lowest BCUT2D eigenvalue weighted by molar-refractivity contribution is 0.0945. The van der Waals surface area contributed by atoms with Crippen LogP contribution in [-0.2, 0) is 4.74 Å². The van der Waals surface area contributed by atoms with Crippen LogP contribution in [0.3, 0.4) is 0 Å². The number of hydrogen-bond donors (Lipinski definition) is 1. The van der Waals surface area contributed by atoms with E-state index in [0.717, 1.165) is 21.7 Å². The van der Waals surface area contributed by atoms with Crippen LogP contribution in [0, 0.1) is 5.92 Å². The Morgan fingerprint density at radius 1 is 1.62 bits per heavy atom. The molecule has 1 N–H and O–H groups in total. The maximum absolute atomic E-state index is 9.94. The van der Waals surface area contributed by atoms with Crippen molar-refractivity contribution in [2.24, 2.45) is 5.92 Å². The van der Waals surface area contributed by atoms with Gasteiger partial charge in [-0.2, -0.15) is 0 Å². The Kier molecular flexibility index (Phi) is 3.03. The molecule has 1 fully saturated rings. The smallest absolute Gasteiger partial charge is 0.0933 e. The van der Waals surface area contributed by atoms with Gasteiger partial charge in [0.05, 0.1) is 16.5 Å². The second kappa shape index (κ2) is 4.09. The molecule has 72 valence electrons. The molecule has 0 aliphatic carbocycles. The van der Waals surface area contributed by atoms with E-state index in [1.807, 2.05) is 12.1 Å². The predicted octanol–water partition coefficient (Wildman–Crippen LogP) is 2.58. The van der Waals surface area contributed by atoms with Crippen molar-refractivity contribution in [3.05, 3.63) is 20.8 Å². The first kappa shape index (κ1) is 9.65. The summed E-state index contributed by atoms with van der Waals surface area (Å²) in [5.41, 5.74) is 0. The summed E-state index contributed by atoms with van der Waals surface area (Å²) < 4.78 is 6.31. The SMILES string of the molecule is O[C@H](c1ccc(Br)s1)[C@@H]1CCOC1. The highest BCUT2D eigenvalue weighted by atomic mass is 79.9. The normalized spacial score (nSPS) is 24.9. The molecule has 13 heavy (non-hydrogen) atoms. The molecule has 1 aliphatic heterocycles. The molecule has 1 aliphatic rings. The fourth-order valence-electron chi connectivity index (χ4n) is 1.52. The lowest BCUT2D eigenvalue weighted by atomic mass is 10.0. The summed E-state index contributed by atoms with van der Waals surface area (Å²) >= 11 is 4.98. The molecule has 1 aromatic heterocycles. The molecule has 0 amide bonds. The minimum absolute atomic E-state index is 0.283. The highest BCUT2D eigenvalue weighted by Crippen LogP contribution is 2.34. The molecule has 1 aromatic rings. The molecule has 1 saturated heterocycles. The topological polar surface area (TPSA) is 29.5 Å². The number of aliphatic hydroxyl groups is 1. The molecule has 2 heterocycles. The van der Waals surface area contributed by atoms with Crippen LogP contribution in [0.2, 0.25) is 0 Å². The Bertz CT molecular complexity index is 281. The van der Waals surface area contributed by atoms with Crippen LogP contribution in [-0.4, -0.2) is 18.3 Å². The Balaban J connectivity index is 2.07. The van der Waals surface area contributed by atoms with Gasteiger partial charge < -0.3 is 9.84 Å². The maximum Gasteiger partial charge on any atom is 0.0933 e. The van der Waals surface area contributed by atoms with Gasteiger partial charge in [-0.15, -0.1) is 11.3 Å². The van der Waals surface area contributed by atoms with Crippen molar-refractivity contribution in [3.63, 3.8) is 0 Å². The van der Waals surface area contributed by atoms with E-state index < -0.39 is 0 Å². The van der Waals surface area contributed by atoms with E-state index >= 15 is 0 Å². The number of halogens is 1. The van der Waals surface area contributed by atoms with Crippen LogP contribution in [0.1, 0.15) is 17.4 Å². The van der Waals surface area contributed by atoms with Crippen molar-refractivity contribution in [2.75, 3.05) is 13.2 Å². The van der Waals surface area contributed by atoms with Crippen LogP contribution in [0.5, 0.6) is 0 Å². The summed E-state index contributed by atoms with van der Waals surface area (Å²) in [6.07, 6.45) is 0.621. The van der Waals surface area contributed by atoms with E-state index in [2.05, 4.69) is 15.9 Å². The van der Waals surface area contributed by atoms with Crippen molar-refractivity contribution < 1.29 is 9.84 Å². The van der Waals surface area contributed by atoms with E-state index in [1.54, 1.807) is 11.3 Å². The number of aliphatic hydroxyl groups excluding tert-OH is 1. The molecular weight excluding hydrogens is 252 g/mol. The average Bonchev–Trinajstić information content (AvgIpc) is 2.72. The predicted molar refractivity (Wildman–Crippen MR) is 55.9 cm³/mol. The van der Waals surface area contributed by atoms with E-state index in [0.29, 0.717) is 6.61 Å². The van der Waals surface area contributed by atoms with Crippen molar-refractivity contribution in [1.29, 1.82) is 0 Å². The van der Waals surface area contributed by atoms with Gasteiger partial charge in [0.15, 0.2) is 0 Å². The zero-order valence-electron chi connectivity index (χ0n) is 7.07. The second-order valence-electron chi connectivity index (χ2n) is 3.21. The van der Waals surface area contributed by atoms with Gasteiger partial charge in [0.1, 0.15) is 0 Å². The lowest BCUT2D eigenvalue weighted by Gasteiger charge is -2.13. The van der Waals surface area contributed by atoms with E-state index in [1.165, 1.54) is 0 Å². The highest BCUT2D eigenvalue weighted by Gasteiger charge is 2.26. The average molecular weight is 263 g/mol. The zero-order chi connectivity index (χ0) is 9.26. The minimum Gasteiger partial charge on any atom is -0.387 e. The van der Waals surface area contributed by atoms with Gasteiger partial charge in [-0.05, 0) is 34.5 Å². The van der Waals surface area contributed by atoms with Gasteiger partial charge in [0, 0.05) is 17.4 Å². The molecule has 2 nitrogen and oxygen atoms in total. The third-order valence-electron chi connectivity index (χ3n) is 2.30. The molecule has 0 bridgehead atoms. The van der Waals surface area contributed by atoms with Crippen molar-refractivity contribution in [2.45, 2.75) is 12.5 Å². The summed E-state index contributed by atoms with van der Waals surface area (Å²) in [6.45, 7) is 1.48. The van der Waals surface area contributed by atoms with Crippen LogP contribution in [0.25, 0.3) is 0 Å². The highest BCUT2D eigenvalue weighted by molar-refractivity contribution is 9.11. The molecule has 0 aromatic carbocycles. The quantitative estimate of drug-likeness (QED) is 0.888. The first-order chi connectivity index (χ1) is 6.27. The number of ether oxygens (including phenoxy) is 1. The van der Waals surface area contributed by atoms with Gasteiger partial charge in [-0.3, -0.25) is 0 Å². The minimum atomic E-state index is -0.348. The van der Waals surface area contributed by atoms with E-state index in [9.17, 15) is 5.11 Å². The van der Waals surface area contributed by atoms with E-state index in [4.69, 9.17) is 4.74 Å². The Morgan fingerprint density at radius 2 is 2.46 bits per heavy atom.